The van der Waals surface area contributed by atoms with Gasteiger partial charge in [0.05, 0.1) is 18.0 Å². The molecule has 0 bridgehead atoms. The summed E-state index contributed by atoms with van der Waals surface area (Å²) < 4.78 is 46.0. The molecule has 5 rings (SSSR count). The van der Waals surface area contributed by atoms with E-state index < -0.39 is 10.0 Å². The average molecular weight is 549 g/mol. The van der Waals surface area contributed by atoms with Crippen LogP contribution in [0.25, 0.3) is 10.8 Å². The lowest BCUT2D eigenvalue weighted by Gasteiger charge is -2.28. The van der Waals surface area contributed by atoms with Crippen molar-refractivity contribution in [1.82, 2.24) is 9.21 Å². The molecule has 0 unspecified atom stereocenters. The van der Waals surface area contributed by atoms with Gasteiger partial charge in [0.1, 0.15) is 11.5 Å². The van der Waals surface area contributed by atoms with E-state index in [0.717, 1.165) is 16.7 Å². The molecule has 3 aromatic carbocycles. The first kappa shape index (κ1) is 26.8. The van der Waals surface area contributed by atoms with E-state index in [1.807, 2.05) is 75.4 Å². The normalized spacial score (nSPS) is 12.9. The first-order chi connectivity index (χ1) is 18.7. The molecular formula is C30H32N2O6S. The van der Waals surface area contributed by atoms with Crippen LogP contribution in [0.2, 0.25) is 0 Å². The Kier molecular flexibility index (Phi) is 7.63. The maximum absolute atomic E-state index is 14.0. The summed E-state index contributed by atoms with van der Waals surface area (Å²) in [6.07, 6.45) is 0. The van der Waals surface area contributed by atoms with Crippen LogP contribution < -0.4 is 9.47 Å². The SMILES string of the molecule is Cc1ccc(CN(Cc2ccc3c(c2)OCO3)C(=O)CN(CC(C)C)S(=O)(=O)c2cccc3ccccc23)o1. The second-order valence-electron chi connectivity index (χ2n) is 10.1. The van der Waals surface area contributed by atoms with Crippen LogP contribution in [-0.4, -0.2) is 43.4 Å². The van der Waals surface area contributed by atoms with E-state index in [1.165, 1.54) is 4.31 Å². The lowest BCUT2D eigenvalue weighted by Crippen LogP contribution is -2.43. The van der Waals surface area contributed by atoms with Gasteiger partial charge in [0.15, 0.2) is 11.5 Å². The molecule has 9 heteroatoms. The summed E-state index contributed by atoms with van der Waals surface area (Å²) in [7, 11) is -3.98. The van der Waals surface area contributed by atoms with Crippen molar-refractivity contribution >= 4 is 26.7 Å². The van der Waals surface area contributed by atoms with Gasteiger partial charge in [-0.15, -0.1) is 0 Å². The lowest BCUT2D eigenvalue weighted by atomic mass is 10.1. The summed E-state index contributed by atoms with van der Waals surface area (Å²) >= 11 is 0. The molecule has 1 aliphatic rings. The number of carbonyl (C=O) groups excluding carboxylic acids is 1. The highest BCUT2D eigenvalue weighted by atomic mass is 32.2. The van der Waals surface area contributed by atoms with Crippen molar-refractivity contribution in [3.8, 4) is 11.5 Å². The Morgan fingerprint density at radius 2 is 1.69 bits per heavy atom. The number of carbonyl (C=O) groups is 1. The Morgan fingerprint density at radius 3 is 2.46 bits per heavy atom. The summed E-state index contributed by atoms with van der Waals surface area (Å²) in [4.78, 5) is 15.7. The highest BCUT2D eigenvalue weighted by Crippen LogP contribution is 2.33. The molecule has 0 atom stereocenters. The molecule has 0 aliphatic carbocycles. The molecule has 0 radical (unpaired) electrons. The van der Waals surface area contributed by atoms with Crippen LogP contribution in [0.3, 0.4) is 0 Å². The van der Waals surface area contributed by atoms with E-state index in [9.17, 15) is 13.2 Å². The van der Waals surface area contributed by atoms with Gasteiger partial charge in [0, 0.05) is 18.5 Å². The van der Waals surface area contributed by atoms with E-state index >= 15 is 0 Å². The van der Waals surface area contributed by atoms with Gasteiger partial charge >= 0.3 is 0 Å². The predicted molar refractivity (Wildman–Crippen MR) is 148 cm³/mol. The van der Waals surface area contributed by atoms with Crippen molar-refractivity contribution in [3.63, 3.8) is 0 Å². The van der Waals surface area contributed by atoms with Gasteiger partial charge < -0.3 is 18.8 Å². The summed E-state index contributed by atoms with van der Waals surface area (Å²) in [5.41, 5.74) is 0.836. The molecule has 4 aromatic rings. The van der Waals surface area contributed by atoms with Gasteiger partial charge in [0.25, 0.3) is 0 Å². The Morgan fingerprint density at radius 1 is 0.923 bits per heavy atom. The molecule has 39 heavy (non-hydrogen) atoms. The van der Waals surface area contributed by atoms with Crippen molar-refractivity contribution in [2.24, 2.45) is 5.92 Å². The Hall–Kier alpha value is -3.82. The Labute approximate surface area is 228 Å². The molecule has 0 saturated carbocycles. The number of benzene rings is 3. The molecule has 1 aromatic heterocycles. The number of hydrogen-bond donors (Lipinski definition) is 0. The number of ether oxygens (including phenoxy) is 2. The minimum atomic E-state index is -3.98. The zero-order valence-corrected chi connectivity index (χ0v) is 23.1. The number of nitrogens with zero attached hydrogens (tertiary/aromatic N) is 2. The van der Waals surface area contributed by atoms with Crippen LogP contribution in [-0.2, 0) is 27.9 Å². The summed E-state index contributed by atoms with van der Waals surface area (Å²) in [5, 5.41) is 1.46. The molecular weight excluding hydrogens is 516 g/mol. The van der Waals surface area contributed by atoms with E-state index in [4.69, 9.17) is 13.9 Å². The summed E-state index contributed by atoms with van der Waals surface area (Å²) in [5.74, 6) is 2.31. The van der Waals surface area contributed by atoms with Crippen molar-refractivity contribution in [3.05, 3.63) is 89.9 Å². The largest absolute Gasteiger partial charge is 0.464 e. The first-order valence-electron chi connectivity index (χ1n) is 12.9. The van der Waals surface area contributed by atoms with Crippen LogP contribution in [0.1, 0.15) is 30.9 Å². The standard InChI is InChI=1S/C30H32N2O6S/c1-21(2)16-32(39(34,35)29-10-6-8-24-7-4-5-9-26(24)29)19-30(33)31(18-25-13-11-22(3)38-25)17-23-12-14-27-28(15-23)37-20-36-27/h4-15,21H,16-20H2,1-3H3. The maximum atomic E-state index is 14.0. The van der Waals surface area contributed by atoms with Crippen molar-refractivity contribution in [2.75, 3.05) is 19.9 Å². The van der Waals surface area contributed by atoms with E-state index in [1.54, 1.807) is 23.1 Å². The first-order valence-corrected chi connectivity index (χ1v) is 14.3. The molecule has 0 fully saturated rings. The average Bonchev–Trinajstić information content (AvgIpc) is 3.55. The van der Waals surface area contributed by atoms with Crippen molar-refractivity contribution < 1.29 is 27.1 Å². The Bertz CT molecular complexity index is 1590. The van der Waals surface area contributed by atoms with Gasteiger partial charge in [-0.1, -0.05) is 56.3 Å². The molecule has 8 nitrogen and oxygen atoms in total. The number of furan rings is 1. The van der Waals surface area contributed by atoms with Crippen LogP contribution in [0.15, 0.2) is 82.1 Å². The number of aryl methyl sites for hydroxylation is 1. The quantitative estimate of drug-likeness (QED) is 0.266. The number of rotatable bonds is 10. The van der Waals surface area contributed by atoms with Crippen LogP contribution in [0.5, 0.6) is 11.5 Å². The third-order valence-corrected chi connectivity index (χ3v) is 8.42. The maximum Gasteiger partial charge on any atom is 0.244 e. The smallest absolute Gasteiger partial charge is 0.244 e. The third-order valence-electron chi connectivity index (χ3n) is 6.55. The van der Waals surface area contributed by atoms with Gasteiger partial charge in [0.2, 0.25) is 22.7 Å². The topological polar surface area (TPSA) is 89.3 Å². The van der Waals surface area contributed by atoms with Crippen LogP contribution in [0, 0.1) is 12.8 Å². The molecule has 0 N–H and O–H groups in total. The highest BCUT2D eigenvalue weighted by molar-refractivity contribution is 7.89. The lowest BCUT2D eigenvalue weighted by molar-refractivity contribution is -0.133. The van der Waals surface area contributed by atoms with Crippen molar-refractivity contribution in [1.29, 1.82) is 0 Å². The summed E-state index contributed by atoms with van der Waals surface area (Å²) in [6.45, 7) is 6.23. The zero-order chi connectivity index (χ0) is 27.6. The fourth-order valence-corrected chi connectivity index (χ4v) is 6.48. The second-order valence-corrected chi connectivity index (χ2v) is 12.0. The fourth-order valence-electron chi connectivity index (χ4n) is 4.72. The number of fused-ring (bicyclic) bond motifs is 2. The van der Waals surface area contributed by atoms with Gasteiger partial charge in [-0.25, -0.2) is 8.42 Å². The number of amides is 1. The minimum absolute atomic E-state index is 0.0117. The Balaban J connectivity index is 1.45. The van der Waals surface area contributed by atoms with E-state index in [-0.39, 0.29) is 49.7 Å². The zero-order valence-electron chi connectivity index (χ0n) is 22.3. The molecule has 1 amide bonds. The van der Waals surface area contributed by atoms with Crippen molar-refractivity contribution in [2.45, 2.75) is 38.8 Å². The van der Waals surface area contributed by atoms with Gasteiger partial charge in [-0.2, -0.15) is 4.31 Å². The molecule has 0 spiro atoms. The monoisotopic (exact) mass is 548 g/mol. The van der Waals surface area contributed by atoms with E-state index in [0.29, 0.717) is 22.6 Å². The minimum Gasteiger partial charge on any atom is -0.464 e. The molecule has 204 valence electrons. The third kappa shape index (κ3) is 5.94. The number of sulfonamides is 1. The highest BCUT2D eigenvalue weighted by Gasteiger charge is 2.31. The number of hydrogen-bond acceptors (Lipinski definition) is 6. The fraction of sp³-hybridized carbons (Fsp3) is 0.300. The summed E-state index contributed by atoms with van der Waals surface area (Å²) in [6, 6.07) is 21.8. The molecule has 0 saturated heterocycles. The predicted octanol–water partition coefficient (Wildman–Crippen LogP) is 5.35. The van der Waals surface area contributed by atoms with Gasteiger partial charge in [-0.05, 0) is 54.1 Å². The molecule has 1 aliphatic heterocycles. The molecule has 2 heterocycles. The van der Waals surface area contributed by atoms with Gasteiger partial charge in [-0.3, -0.25) is 4.79 Å². The van der Waals surface area contributed by atoms with E-state index in [2.05, 4.69) is 0 Å². The van der Waals surface area contributed by atoms with Crippen LogP contribution >= 0.6 is 0 Å². The van der Waals surface area contributed by atoms with Crippen LogP contribution in [0.4, 0.5) is 0 Å². The second kappa shape index (κ2) is 11.1.